The van der Waals surface area contributed by atoms with E-state index in [0.717, 1.165) is 39.9 Å². The SMILES string of the molecule is Cl.O=C1Nc2ccccc2C1=Nc1ccccc1[S-].O=C1Nc2ccccc2C1=Nc1ccccc1[S-].[O]=[V+2]. The Bertz CT molecular complexity index is 1480. The van der Waals surface area contributed by atoms with Crippen molar-refractivity contribution in [2.24, 2.45) is 9.98 Å². The van der Waals surface area contributed by atoms with E-state index in [1.807, 2.05) is 84.9 Å². The summed E-state index contributed by atoms with van der Waals surface area (Å²) < 4.78 is 8.19. The van der Waals surface area contributed by atoms with Gasteiger partial charge in [-0.05, 0) is 24.3 Å². The van der Waals surface area contributed by atoms with Gasteiger partial charge >= 0.3 is 21.0 Å². The van der Waals surface area contributed by atoms with Gasteiger partial charge in [0.15, 0.2) is 0 Å². The van der Waals surface area contributed by atoms with E-state index in [-0.39, 0.29) is 24.2 Å². The molecule has 6 rings (SSSR count). The Morgan fingerprint density at radius 2 is 0.872 bits per heavy atom. The molecule has 2 aliphatic heterocycles. The van der Waals surface area contributed by atoms with Crippen molar-refractivity contribution in [3.8, 4) is 0 Å². The van der Waals surface area contributed by atoms with E-state index < -0.39 is 0 Å². The predicted molar refractivity (Wildman–Crippen MR) is 155 cm³/mol. The van der Waals surface area contributed by atoms with Gasteiger partial charge in [0.1, 0.15) is 11.4 Å². The number of nitrogens with zero attached hydrogens (tertiary/aromatic N) is 2. The summed E-state index contributed by atoms with van der Waals surface area (Å²) in [6, 6.07) is 29.6. The molecule has 4 aromatic carbocycles. The summed E-state index contributed by atoms with van der Waals surface area (Å²) in [4.78, 5) is 33.8. The number of para-hydroxylation sites is 4. The predicted octanol–water partition coefficient (Wildman–Crippen LogP) is 5.63. The zero-order chi connectivity index (χ0) is 27.1. The van der Waals surface area contributed by atoms with Crippen molar-refractivity contribution in [2.45, 2.75) is 9.79 Å². The second kappa shape index (κ2) is 13.9. The quantitative estimate of drug-likeness (QED) is 0.287. The third-order valence-corrected chi connectivity index (χ3v) is 6.18. The van der Waals surface area contributed by atoms with E-state index in [1.54, 1.807) is 12.1 Å². The van der Waals surface area contributed by atoms with Crippen molar-refractivity contribution in [1.29, 1.82) is 0 Å². The molecule has 39 heavy (non-hydrogen) atoms. The number of anilines is 2. The Morgan fingerprint density at radius 1 is 0.538 bits per heavy atom. The molecule has 2 heterocycles. The average molecular weight is 610 g/mol. The van der Waals surface area contributed by atoms with E-state index in [2.05, 4.69) is 20.6 Å². The van der Waals surface area contributed by atoms with Gasteiger partial charge in [-0.2, -0.15) is 0 Å². The van der Waals surface area contributed by atoms with Crippen LogP contribution in [0, 0.1) is 0 Å². The normalized spacial score (nSPS) is 14.5. The Labute approximate surface area is 251 Å². The summed E-state index contributed by atoms with van der Waals surface area (Å²) in [6.07, 6.45) is 0. The summed E-state index contributed by atoms with van der Waals surface area (Å²) in [6.45, 7) is 0. The number of hydrogen-bond donors (Lipinski definition) is 2. The van der Waals surface area contributed by atoms with Crippen LogP contribution in [-0.2, 0) is 55.9 Å². The number of carbonyl (C=O) groups excluding carboxylic acids is 2. The molecule has 0 aromatic heterocycles. The molecule has 0 saturated heterocycles. The molecule has 0 bridgehead atoms. The van der Waals surface area contributed by atoms with Crippen LogP contribution in [0.15, 0.2) is 117 Å². The van der Waals surface area contributed by atoms with Crippen LogP contribution in [0.25, 0.3) is 0 Å². The van der Waals surface area contributed by atoms with Gasteiger partial charge in [-0.25, -0.2) is 9.98 Å². The average Bonchev–Trinajstić information content (AvgIpc) is 3.43. The second-order valence-electron chi connectivity index (χ2n) is 7.86. The number of hydrogen-bond acceptors (Lipinski definition) is 7. The molecule has 0 atom stereocenters. The molecule has 2 aliphatic rings. The number of amides is 2. The molecule has 0 spiro atoms. The first-order chi connectivity index (χ1) is 18.5. The number of fused-ring (bicyclic) bond motifs is 2. The molecule has 4 aromatic rings. The Hall–Kier alpha value is -3.73. The van der Waals surface area contributed by atoms with Crippen LogP contribution in [0.5, 0.6) is 0 Å². The fourth-order valence-corrected chi connectivity index (χ4v) is 4.15. The van der Waals surface area contributed by atoms with E-state index in [1.165, 1.54) is 0 Å². The Kier molecular flexibility index (Phi) is 10.6. The van der Waals surface area contributed by atoms with Gasteiger partial charge in [0.05, 0.1) is 11.4 Å². The molecule has 11 heteroatoms. The topological polar surface area (TPSA) is 100.0 Å². The van der Waals surface area contributed by atoms with Gasteiger partial charge in [0.2, 0.25) is 0 Å². The van der Waals surface area contributed by atoms with Crippen LogP contribution < -0.4 is 10.6 Å². The zero-order valence-electron chi connectivity index (χ0n) is 20.0. The van der Waals surface area contributed by atoms with E-state index >= 15 is 0 Å². The van der Waals surface area contributed by atoms with Gasteiger partial charge in [-0.3, -0.25) is 9.59 Å². The van der Waals surface area contributed by atoms with Gasteiger partial charge in [-0.1, -0.05) is 72.8 Å². The molecule has 2 amide bonds. The zero-order valence-corrected chi connectivity index (χ0v) is 23.9. The van der Waals surface area contributed by atoms with Crippen LogP contribution >= 0.6 is 12.4 Å². The summed E-state index contributed by atoms with van der Waals surface area (Å²) in [5.74, 6) is -0.371. The number of aliphatic imine (C=N–C) groups is 2. The Balaban J connectivity index is 0.000000198. The molecule has 0 radical (unpaired) electrons. The first-order valence-electron chi connectivity index (χ1n) is 11.2. The molecule has 0 fully saturated rings. The van der Waals surface area contributed by atoms with E-state index in [4.69, 9.17) is 28.9 Å². The van der Waals surface area contributed by atoms with E-state index in [9.17, 15) is 9.59 Å². The first kappa shape index (κ1) is 29.8. The van der Waals surface area contributed by atoms with Crippen molar-refractivity contribution in [3.63, 3.8) is 0 Å². The van der Waals surface area contributed by atoms with Crippen LogP contribution in [0.1, 0.15) is 11.1 Å². The first-order valence-corrected chi connectivity index (χ1v) is 12.6. The molecule has 2 N–H and O–H groups in total. The fourth-order valence-electron chi connectivity index (χ4n) is 3.77. The maximum atomic E-state index is 11.9. The van der Waals surface area contributed by atoms with Crippen LogP contribution in [-0.4, -0.2) is 23.2 Å². The molecular weight excluding hydrogens is 591 g/mol. The van der Waals surface area contributed by atoms with Crippen molar-refractivity contribution < 1.29 is 30.6 Å². The van der Waals surface area contributed by atoms with Crippen molar-refractivity contribution in [1.82, 2.24) is 0 Å². The van der Waals surface area contributed by atoms with E-state index in [0.29, 0.717) is 32.6 Å². The third-order valence-electron chi connectivity index (χ3n) is 5.49. The number of rotatable bonds is 2. The maximum absolute atomic E-state index is 11.9. The molecule has 0 unspecified atom stereocenters. The summed E-state index contributed by atoms with van der Waals surface area (Å²) in [5.41, 5.74) is 5.36. The number of benzene rings is 4. The number of halogens is 1. The third kappa shape index (κ3) is 6.83. The molecule has 7 nitrogen and oxygen atoms in total. The van der Waals surface area contributed by atoms with Crippen LogP contribution in [0.3, 0.4) is 0 Å². The molecular formula is C28H19ClN4O3S2V. The van der Waals surface area contributed by atoms with Crippen molar-refractivity contribution >= 4 is 83.7 Å². The second-order valence-corrected chi connectivity index (χ2v) is 8.74. The van der Waals surface area contributed by atoms with Crippen LogP contribution in [0.2, 0.25) is 0 Å². The van der Waals surface area contributed by atoms with Gasteiger partial charge in [0.25, 0.3) is 11.8 Å². The Morgan fingerprint density at radius 3 is 1.26 bits per heavy atom. The van der Waals surface area contributed by atoms with Crippen LogP contribution in [0.4, 0.5) is 22.7 Å². The minimum atomic E-state index is -0.186. The minimum absolute atomic E-state index is 0. The number of nitrogens with one attached hydrogen (secondary N) is 2. The fraction of sp³-hybridized carbons (Fsp3) is 0. The number of carbonyl (C=O) groups is 2. The van der Waals surface area contributed by atoms with Gasteiger partial charge < -0.3 is 35.9 Å². The van der Waals surface area contributed by atoms with Gasteiger partial charge in [0, 0.05) is 22.5 Å². The molecule has 0 saturated carbocycles. The summed E-state index contributed by atoms with van der Waals surface area (Å²) in [5, 5.41) is 5.57. The van der Waals surface area contributed by atoms with Crippen molar-refractivity contribution in [2.75, 3.05) is 10.6 Å². The molecule has 0 aliphatic carbocycles. The van der Waals surface area contributed by atoms with Gasteiger partial charge in [-0.15, -0.1) is 22.2 Å². The van der Waals surface area contributed by atoms with Crippen molar-refractivity contribution in [3.05, 3.63) is 108 Å². The summed E-state index contributed by atoms with van der Waals surface area (Å²) >= 11 is 11.4. The summed E-state index contributed by atoms with van der Waals surface area (Å²) in [7, 11) is 0. The standard InChI is InChI=1S/2C14H10N2OS.ClH.O.V/c2*17-14-13(9-5-1-2-6-10(9)16-14)15-11-7-3-4-8-12(11)18;;;/h2*1-8,18H,(H,15,16,17);1H;;/q;;;;+2/p-2. The molecule has 193 valence electrons. The monoisotopic (exact) mass is 609 g/mol.